The van der Waals surface area contributed by atoms with E-state index in [0.29, 0.717) is 29.1 Å². The summed E-state index contributed by atoms with van der Waals surface area (Å²) in [4.78, 5) is 12.0. The van der Waals surface area contributed by atoms with Crippen molar-refractivity contribution in [2.75, 3.05) is 13.2 Å². The quantitative estimate of drug-likeness (QED) is 0.811. The zero-order valence-electron chi connectivity index (χ0n) is 11.4. The van der Waals surface area contributed by atoms with Crippen LogP contribution in [-0.2, 0) is 9.53 Å². The van der Waals surface area contributed by atoms with Gasteiger partial charge in [-0.2, -0.15) is 0 Å². The number of carbonyl (C=O) groups excluding carboxylic acids is 1. The number of esters is 1. The van der Waals surface area contributed by atoms with E-state index in [9.17, 15) is 9.18 Å². The Morgan fingerprint density at radius 3 is 2.74 bits per heavy atom. The molecule has 0 saturated heterocycles. The maximum atomic E-state index is 13.4. The molecule has 0 amide bonds. The van der Waals surface area contributed by atoms with E-state index in [1.807, 2.05) is 13.8 Å². The fourth-order valence-corrected chi connectivity index (χ4v) is 2.11. The first kappa shape index (κ1) is 16.1. The molecular weight excluding hydrogens is 313 g/mol. The standard InChI is InChI=1S/C14H19BrFNO2/c1-4-19-14(18)13(17-8-9(2)3)11-7-10(16)5-6-12(11)15/h5-7,9,13,17H,4,8H2,1-3H3. The van der Waals surface area contributed by atoms with Gasteiger partial charge in [-0.1, -0.05) is 29.8 Å². The molecule has 0 aliphatic heterocycles. The van der Waals surface area contributed by atoms with Crippen molar-refractivity contribution in [3.63, 3.8) is 0 Å². The molecule has 0 heterocycles. The third kappa shape index (κ3) is 4.91. The van der Waals surface area contributed by atoms with Gasteiger partial charge in [-0.15, -0.1) is 0 Å². The van der Waals surface area contributed by atoms with Crippen molar-refractivity contribution in [3.05, 3.63) is 34.1 Å². The molecule has 1 rings (SSSR count). The van der Waals surface area contributed by atoms with Crippen LogP contribution >= 0.6 is 15.9 Å². The van der Waals surface area contributed by atoms with Crippen molar-refractivity contribution in [1.29, 1.82) is 0 Å². The maximum Gasteiger partial charge on any atom is 0.327 e. The van der Waals surface area contributed by atoms with Gasteiger partial charge in [0.25, 0.3) is 0 Å². The highest BCUT2D eigenvalue weighted by Crippen LogP contribution is 2.25. The monoisotopic (exact) mass is 331 g/mol. The zero-order chi connectivity index (χ0) is 14.4. The van der Waals surface area contributed by atoms with Crippen molar-refractivity contribution >= 4 is 21.9 Å². The summed E-state index contributed by atoms with van der Waals surface area (Å²) in [5, 5.41) is 3.12. The molecule has 0 aromatic heterocycles. The summed E-state index contributed by atoms with van der Waals surface area (Å²) >= 11 is 3.34. The van der Waals surface area contributed by atoms with Gasteiger partial charge in [-0.05, 0) is 43.1 Å². The number of rotatable bonds is 6. The van der Waals surface area contributed by atoms with Gasteiger partial charge in [0.05, 0.1) is 6.61 Å². The van der Waals surface area contributed by atoms with E-state index in [4.69, 9.17) is 4.74 Å². The van der Waals surface area contributed by atoms with Crippen LogP contribution < -0.4 is 5.32 Å². The smallest absolute Gasteiger partial charge is 0.327 e. The predicted octanol–water partition coefficient (Wildman–Crippen LogP) is 3.44. The zero-order valence-corrected chi connectivity index (χ0v) is 13.0. The third-order valence-corrected chi connectivity index (χ3v) is 3.24. The maximum absolute atomic E-state index is 13.4. The molecule has 1 N–H and O–H groups in total. The molecule has 106 valence electrons. The van der Waals surface area contributed by atoms with Gasteiger partial charge in [-0.25, -0.2) is 9.18 Å². The molecular formula is C14H19BrFNO2. The summed E-state index contributed by atoms with van der Waals surface area (Å²) in [6.45, 7) is 6.77. The first-order valence-corrected chi connectivity index (χ1v) is 7.10. The minimum atomic E-state index is -0.660. The van der Waals surface area contributed by atoms with Crippen LogP contribution in [0.1, 0.15) is 32.4 Å². The van der Waals surface area contributed by atoms with Crippen LogP contribution in [0.25, 0.3) is 0 Å². The van der Waals surface area contributed by atoms with E-state index in [2.05, 4.69) is 21.2 Å². The molecule has 0 radical (unpaired) electrons. The molecule has 0 aliphatic rings. The Hall–Kier alpha value is -0.940. The van der Waals surface area contributed by atoms with E-state index in [1.165, 1.54) is 12.1 Å². The fourth-order valence-electron chi connectivity index (χ4n) is 1.64. The van der Waals surface area contributed by atoms with Gasteiger partial charge in [0.2, 0.25) is 0 Å². The number of benzene rings is 1. The van der Waals surface area contributed by atoms with E-state index < -0.39 is 12.0 Å². The molecule has 5 heteroatoms. The lowest BCUT2D eigenvalue weighted by Gasteiger charge is -2.20. The Bertz CT molecular complexity index is 437. The average Bonchev–Trinajstić information content (AvgIpc) is 2.33. The van der Waals surface area contributed by atoms with Crippen LogP contribution in [0.4, 0.5) is 4.39 Å². The Morgan fingerprint density at radius 1 is 1.47 bits per heavy atom. The van der Waals surface area contributed by atoms with Gasteiger partial charge >= 0.3 is 5.97 Å². The van der Waals surface area contributed by atoms with Crippen LogP contribution in [0, 0.1) is 11.7 Å². The lowest BCUT2D eigenvalue weighted by molar-refractivity contribution is -0.145. The van der Waals surface area contributed by atoms with Crippen molar-refractivity contribution in [1.82, 2.24) is 5.32 Å². The summed E-state index contributed by atoms with van der Waals surface area (Å²) in [5.74, 6) is -0.391. The second-order valence-corrected chi connectivity index (χ2v) is 5.51. The number of ether oxygens (including phenoxy) is 1. The SMILES string of the molecule is CCOC(=O)C(NCC(C)C)c1cc(F)ccc1Br. The second kappa shape index (κ2) is 7.60. The molecule has 3 nitrogen and oxygen atoms in total. The van der Waals surface area contributed by atoms with Gasteiger partial charge in [0.15, 0.2) is 0 Å². The van der Waals surface area contributed by atoms with Crippen molar-refractivity contribution in [3.8, 4) is 0 Å². The van der Waals surface area contributed by atoms with Gasteiger partial charge in [0, 0.05) is 4.47 Å². The van der Waals surface area contributed by atoms with Gasteiger partial charge < -0.3 is 10.1 Å². The molecule has 1 aromatic carbocycles. The number of nitrogens with one attached hydrogen (secondary N) is 1. The highest BCUT2D eigenvalue weighted by atomic mass is 79.9. The largest absolute Gasteiger partial charge is 0.465 e. The van der Waals surface area contributed by atoms with Crippen LogP contribution in [0.3, 0.4) is 0 Å². The number of halogens is 2. The van der Waals surface area contributed by atoms with E-state index in [0.717, 1.165) is 0 Å². The number of hydrogen-bond acceptors (Lipinski definition) is 3. The summed E-state index contributed by atoms with van der Waals surface area (Å²) in [5.41, 5.74) is 0.555. The summed E-state index contributed by atoms with van der Waals surface area (Å²) < 4.78 is 19.1. The minimum Gasteiger partial charge on any atom is -0.465 e. The van der Waals surface area contributed by atoms with E-state index in [-0.39, 0.29) is 5.82 Å². The van der Waals surface area contributed by atoms with Crippen LogP contribution in [-0.4, -0.2) is 19.1 Å². The normalized spacial score (nSPS) is 12.5. The molecule has 1 atom stereocenters. The first-order chi connectivity index (χ1) is 8.95. The third-order valence-electron chi connectivity index (χ3n) is 2.52. The Morgan fingerprint density at radius 2 is 2.16 bits per heavy atom. The lowest BCUT2D eigenvalue weighted by Crippen LogP contribution is -2.33. The predicted molar refractivity (Wildman–Crippen MR) is 76.3 cm³/mol. The molecule has 19 heavy (non-hydrogen) atoms. The second-order valence-electron chi connectivity index (χ2n) is 4.65. The van der Waals surface area contributed by atoms with Crippen molar-refractivity contribution in [2.24, 2.45) is 5.92 Å². The summed E-state index contributed by atoms with van der Waals surface area (Å²) in [6.07, 6.45) is 0. The molecule has 0 fully saturated rings. The molecule has 1 unspecified atom stereocenters. The van der Waals surface area contributed by atoms with Crippen LogP contribution in [0.15, 0.2) is 22.7 Å². The highest BCUT2D eigenvalue weighted by Gasteiger charge is 2.24. The van der Waals surface area contributed by atoms with E-state index >= 15 is 0 Å². The summed E-state index contributed by atoms with van der Waals surface area (Å²) in [7, 11) is 0. The Balaban J connectivity index is 3.00. The number of hydrogen-bond donors (Lipinski definition) is 1. The lowest BCUT2D eigenvalue weighted by atomic mass is 10.1. The summed E-state index contributed by atoms with van der Waals surface area (Å²) in [6, 6.07) is 3.62. The van der Waals surface area contributed by atoms with E-state index in [1.54, 1.807) is 13.0 Å². The topological polar surface area (TPSA) is 38.3 Å². The highest BCUT2D eigenvalue weighted by molar-refractivity contribution is 9.10. The number of carbonyl (C=O) groups is 1. The minimum absolute atomic E-state index is 0.297. The van der Waals surface area contributed by atoms with Gasteiger partial charge in [-0.3, -0.25) is 0 Å². The molecule has 0 saturated carbocycles. The molecule has 1 aromatic rings. The fraction of sp³-hybridized carbons (Fsp3) is 0.500. The van der Waals surface area contributed by atoms with Gasteiger partial charge in [0.1, 0.15) is 11.9 Å². The van der Waals surface area contributed by atoms with Crippen LogP contribution in [0.2, 0.25) is 0 Å². The Labute approximate surface area is 121 Å². The van der Waals surface area contributed by atoms with Crippen molar-refractivity contribution in [2.45, 2.75) is 26.8 Å². The first-order valence-electron chi connectivity index (χ1n) is 6.30. The van der Waals surface area contributed by atoms with Crippen LogP contribution in [0.5, 0.6) is 0 Å². The molecule has 0 aliphatic carbocycles. The molecule has 0 spiro atoms. The Kier molecular flexibility index (Phi) is 6.45. The molecule has 0 bridgehead atoms. The average molecular weight is 332 g/mol. The van der Waals surface area contributed by atoms with Crippen molar-refractivity contribution < 1.29 is 13.9 Å².